The highest BCUT2D eigenvalue weighted by atomic mass is 16.4. The maximum atomic E-state index is 11.7. The van der Waals surface area contributed by atoms with Crippen LogP contribution in [0.4, 0.5) is 0 Å². The summed E-state index contributed by atoms with van der Waals surface area (Å²) in [6, 6.07) is 4.35. The van der Waals surface area contributed by atoms with Gasteiger partial charge in [0.2, 0.25) is 0 Å². The Hall–Kier alpha value is -1.84. The Kier molecular flexibility index (Phi) is 3.36. The van der Waals surface area contributed by atoms with Crippen molar-refractivity contribution in [2.24, 2.45) is 0 Å². The summed E-state index contributed by atoms with van der Waals surface area (Å²) in [6.45, 7) is 0. The molecule has 1 aromatic rings. The molecule has 0 aromatic heterocycles. The van der Waals surface area contributed by atoms with Crippen molar-refractivity contribution in [1.82, 2.24) is 0 Å². The van der Waals surface area contributed by atoms with Crippen molar-refractivity contribution in [2.75, 3.05) is 0 Å². The van der Waals surface area contributed by atoms with Gasteiger partial charge in [0.25, 0.3) is 0 Å². The van der Waals surface area contributed by atoms with Crippen molar-refractivity contribution in [2.45, 2.75) is 37.5 Å². The first-order valence-corrected chi connectivity index (χ1v) is 6.12. The van der Waals surface area contributed by atoms with Crippen LogP contribution in [-0.2, 0) is 10.2 Å². The van der Waals surface area contributed by atoms with Gasteiger partial charge < -0.3 is 10.2 Å². The van der Waals surface area contributed by atoms with Gasteiger partial charge in [0.15, 0.2) is 6.29 Å². The molecule has 2 rings (SSSR count). The first-order valence-electron chi connectivity index (χ1n) is 6.12. The average molecular weight is 248 g/mol. The quantitative estimate of drug-likeness (QED) is 0.806. The van der Waals surface area contributed by atoms with E-state index in [9.17, 15) is 19.8 Å². The lowest BCUT2D eigenvalue weighted by Crippen LogP contribution is -2.38. The van der Waals surface area contributed by atoms with Crippen LogP contribution in [0.1, 0.15) is 48.0 Å². The van der Waals surface area contributed by atoms with Crippen molar-refractivity contribution in [3.63, 3.8) is 0 Å². The monoisotopic (exact) mass is 248 g/mol. The number of rotatable bonds is 3. The summed E-state index contributed by atoms with van der Waals surface area (Å²) in [7, 11) is 0. The number of benzene rings is 1. The molecule has 1 aliphatic carbocycles. The van der Waals surface area contributed by atoms with Gasteiger partial charge in [-0.25, -0.2) is 0 Å². The van der Waals surface area contributed by atoms with Crippen LogP contribution in [-0.4, -0.2) is 22.5 Å². The Morgan fingerprint density at radius 1 is 1.22 bits per heavy atom. The predicted octanol–water partition coefficient (Wildman–Crippen LogP) is 2.49. The van der Waals surface area contributed by atoms with Crippen molar-refractivity contribution < 1.29 is 19.8 Å². The molecule has 1 fully saturated rings. The van der Waals surface area contributed by atoms with E-state index in [0.29, 0.717) is 24.7 Å². The lowest BCUT2D eigenvalue weighted by Gasteiger charge is -2.34. The largest absolute Gasteiger partial charge is 0.508 e. The molecular weight excluding hydrogens is 232 g/mol. The van der Waals surface area contributed by atoms with Gasteiger partial charge in [-0.05, 0) is 30.5 Å². The number of phenols is 1. The minimum Gasteiger partial charge on any atom is -0.508 e. The van der Waals surface area contributed by atoms with Crippen molar-refractivity contribution >= 4 is 12.3 Å². The number of phenolic OH excluding ortho intramolecular Hbond substituents is 1. The highest BCUT2D eigenvalue weighted by Gasteiger charge is 2.42. The first kappa shape index (κ1) is 12.6. The molecule has 0 aliphatic heterocycles. The van der Waals surface area contributed by atoms with Gasteiger partial charge in [0, 0.05) is 5.56 Å². The summed E-state index contributed by atoms with van der Waals surface area (Å²) in [5.74, 6) is -0.895. The molecule has 2 N–H and O–H groups in total. The molecule has 0 saturated heterocycles. The fourth-order valence-electron chi connectivity index (χ4n) is 2.84. The molecule has 96 valence electrons. The van der Waals surface area contributed by atoms with Gasteiger partial charge in [-0.1, -0.05) is 25.3 Å². The fourth-order valence-corrected chi connectivity index (χ4v) is 2.84. The summed E-state index contributed by atoms with van der Waals surface area (Å²) in [4.78, 5) is 22.7. The SMILES string of the molecule is O=Cc1cc(O)ccc1C1(C(=O)O)CCCCC1. The third kappa shape index (κ3) is 1.98. The highest BCUT2D eigenvalue weighted by Crippen LogP contribution is 2.41. The molecule has 0 unspecified atom stereocenters. The topological polar surface area (TPSA) is 74.6 Å². The van der Waals surface area contributed by atoms with Gasteiger partial charge in [-0.15, -0.1) is 0 Å². The number of carboxylic acid groups (broad SMARTS) is 1. The van der Waals surface area contributed by atoms with E-state index < -0.39 is 11.4 Å². The maximum Gasteiger partial charge on any atom is 0.314 e. The second-order valence-corrected chi connectivity index (χ2v) is 4.84. The molecule has 18 heavy (non-hydrogen) atoms. The molecule has 0 spiro atoms. The number of aromatic hydroxyl groups is 1. The van der Waals surface area contributed by atoms with E-state index in [0.717, 1.165) is 19.3 Å². The van der Waals surface area contributed by atoms with E-state index in [2.05, 4.69) is 0 Å². The summed E-state index contributed by atoms with van der Waals surface area (Å²) in [5, 5.41) is 18.9. The van der Waals surface area contributed by atoms with Crippen molar-refractivity contribution in [1.29, 1.82) is 0 Å². The Bertz CT molecular complexity index is 473. The van der Waals surface area contributed by atoms with E-state index >= 15 is 0 Å². The molecular formula is C14H16O4. The van der Waals surface area contributed by atoms with Crippen LogP contribution < -0.4 is 0 Å². The van der Waals surface area contributed by atoms with Crippen molar-refractivity contribution in [3.8, 4) is 5.75 Å². The van der Waals surface area contributed by atoms with Crippen LogP contribution in [0.2, 0.25) is 0 Å². The number of hydrogen-bond donors (Lipinski definition) is 2. The predicted molar refractivity (Wildman–Crippen MR) is 65.9 cm³/mol. The lowest BCUT2D eigenvalue weighted by atomic mass is 9.68. The third-order valence-corrected chi connectivity index (χ3v) is 3.79. The Labute approximate surface area is 105 Å². The van der Waals surface area contributed by atoms with Gasteiger partial charge in [0.05, 0.1) is 5.41 Å². The molecule has 4 heteroatoms. The standard InChI is InChI=1S/C14H16O4/c15-9-10-8-11(16)4-5-12(10)14(13(17)18)6-2-1-3-7-14/h4-5,8-9,16H,1-3,6-7H2,(H,17,18). The highest BCUT2D eigenvalue weighted by molar-refractivity contribution is 5.88. The maximum absolute atomic E-state index is 11.7. The van der Waals surface area contributed by atoms with Gasteiger partial charge in [0.1, 0.15) is 5.75 Å². The number of carbonyl (C=O) groups is 2. The third-order valence-electron chi connectivity index (χ3n) is 3.79. The average Bonchev–Trinajstić information content (AvgIpc) is 2.39. The van der Waals surface area contributed by atoms with Crippen LogP contribution >= 0.6 is 0 Å². The Balaban J connectivity index is 2.55. The van der Waals surface area contributed by atoms with E-state index in [4.69, 9.17) is 0 Å². The van der Waals surface area contributed by atoms with Gasteiger partial charge in [-0.2, -0.15) is 0 Å². The Morgan fingerprint density at radius 3 is 2.44 bits per heavy atom. The van der Waals surface area contributed by atoms with E-state index in [-0.39, 0.29) is 11.3 Å². The molecule has 4 nitrogen and oxygen atoms in total. The minimum absolute atomic E-state index is 0.0165. The molecule has 1 saturated carbocycles. The molecule has 0 heterocycles. The first-order chi connectivity index (χ1) is 8.60. The zero-order chi connectivity index (χ0) is 13.2. The molecule has 0 atom stereocenters. The number of hydrogen-bond acceptors (Lipinski definition) is 3. The zero-order valence-electron chi connectivity index (χ0n) is 10.1. The van der Waals surface area contributed by atoms with Crippen LogP contribution in [0, 0.1) is 0 Å². The van der Waals surface area contributed by atoms with Crippen LogP contribution in [0.15, 0.2) is 18.2 Å². The van der Waals surface area contributed by atoms with Crippen LogP contribution in [0.5, 0.6) is 5.75 Å². The van der Waals surface area contributed by atoms with Gasteiger partial charge >= 0.3 is 5.97 Å². The zero-order valence-corrected chi connectivity index (χ0v) is 10.1. The Morgan fingerprint density at radius 2 is 1.89 bits per heavy atom. The molecule has 1 aromatic carbocycles. The van der Waals surface area contributed by atoms with Crippen LogP contribution in [0.3, 0.4) is 0 Å². The van der Waals surface area contributed by atoms with Crippen LogP contribution in [0.25, 0.3) is 0 Å². The summed E-state index contributed by atoms with van der Waals surface area (Å²) in [5.41, 5.74) is -0.163. The molecule has 1 aliphatic rings. The summed E-state index contributed by atoms with van der Waals surface area (Å²) in [6.07, 6.45) is 4.46. The molecule has 0 bridgehead atoms. The number of aldehydes is 1. The number of aliphatic carboxylic acids is 1. The van der Waals surface area contributed by atoms with E-state index in [1.807, 2.05) is 0 Å². The number of carboxylic acids is 1. The lowest BCUT2D eigenvalue weighted by molar-refractivity contribution is -0.145. The smallest absolute Gasteiger partial charge is 0.314 e. The second kappa shape index (κ2) is 4.80. The summed E-state index contributed by atoms with van der Waals surface area (Å²) >= 11 is 0. The van der Waals surface area contributed by atoms with Crippen molar-refractivity contribution in [3.05, 3.63) is 29.3 Å². The van der Waals surface area contributed by atoms with Gasteiger partial charge in [-0.3, -0.25) is 9.59 Å². The fraction of sp³-hybridized carbons (Fsp3) is 0.429. The molecule has 0 amide bonds. The van der Waals surface area contributed by atoms with E-state index in [1.165, 1.54) is 12.1 Å². The van der Waals surface area contributed by atoms with E-state index in [1.54, 1.807) is 6.07 Å². The normalized spacial score (nSPS) is 18.2. The summed E-state index contributed by atoms with van der Waals surface area (Å²) < 4.78 is 0. The molecule has 0 radical (unpaired) electrons. The second-order valence-electron chi connectivity index (χ2n) is 4.84. The number of carbonyl (C=O) groups excluding carboxylic acids is 1. The minimum atomic E-state index is -0.970.